The summed E-state index contributed by atoms with van der Waals surface area (Å²) in [5, 5.41) is 30.8. The van der Waals surface area contributed by atoms with Crippen molar-refractivity contribution in [3.8, 4) is 45.6 Å². The van der Waals surface area contributed by atoms with Gasteiger partial charge < -0.3 is 14.6 Å². The Hall–Kier alpha value is -6.51. The number of anilines is 1. The van der Waals surface area contributed by atoms with Gasteiger partial charge in [-0.2, -0.15) is 10.1 Å². The molecule has 6 aromatic rings. The summed E-state index contributed by atoms with van der Waals surface area (Å²) >= 11 is 0. The molecule has 0 unspecified atom stereocenters. The fourth-order valence-electron chi connectivity index (χ4n) is 4.40. The molecule has 1 N–H and O–H groups in total. The molecule has 0 radical (unpaired) electrons. The van der Waals surface area contributed by atoms with E-state index >= 15 is 0 Å². The van der Waals surface area contributed by atoms with Gasteiger partial charge >= 0.3 is 5.97 Å². The van der Waals surface area contributed by atoms with Crippen molar-refractivity contribution in [3.05, 3.63) is 101 Å². The lowest BCUT2D eigenvalue weighted by atomic mass is 10.1. The number of carbonyl (C=O) groups excluding carboxylic acids is 2. The molecule has 0 bridgehead atoms. The van der Waals surface area contributed by atoms with E-state index in [-0.39, 0.29) is 34.5 Å². The van der Waals surface area contributed by atoms with Crippen LogP contribution in [0.2, 0.25) is 0 Å². The van der Waals surface area contributed by atoms with E-state index in [1.165, 1.54) is 43.0 Å². The molecule has 15 heteroatoms. The SMILES string of the molecule is COC(=O)c1c(NC(C)=O)c(-c2noc(-c3ccc([N+](=O)[O-])cc3)n2)nn1-c1cccc(-c2cn(-c3ccccc3)nn2)c1. The third-order valence-electron chi connectivity index (χ3n) is 6.43. The van der Waals surface area contributed by atoms with Gasteiger partial charge in [0.2, 0.25) is 11.7 Å². The molecule has 0 fully saturated rings. The van der Waals surface area contributed by atoms with E-state index in [4.69, 9.17) is 9.26 Å². The Bertz CT molecular complexity index is 2010. The standard InChI is InChI=1S/C29H21N9O6/c1-17(39)30-24-25(27-31-28(44-34-27)18-11-13-21(14-12-18)38(41)42)33-37(26(24)29(40)43-2)22-10-6-7-19(15-22)23-16-36(35-32-23)20-8-4-3-5-9-20/h3-16H,1-2H3,(H,30,39). The normalized spacial score (nSPS) is 10.9. The van der Waals surface area contributed by atoms with Crippen molar-refractivity contribution < 1.29 is 23.8 Å². The molecule has 0 atom stereocenters. The number of carbonyl (C=O) groups is 2. The molecule has 0 aliphatic carbocycles. The molecule has 1 amide bonds. The average Bonchev–Trinajstić information content (AvgIpc) is 3.80. The molecule has 6 rings (SSSR count). The van der Waals surface area contributed by atoms with Gasteiger partial charge in [-0.3, -0.25) is 14.9 Å². The maximum Gasteiger partial charge on any atom is 0.359 e. The number of nitro benzene ring substituents is 1. The molecule has 3 aromatic heterocycles. The Morgan fingerprint density at radius 2 is 1.73 bits per heavy atom. The van der Waals surface area contributed by atoms with Crippen LogP contribution in [-0.2, 0) is 9.53 Å². The zero-order valence-corrected chi connectivity index (χ0v) is 23.1. The first kappa shape index (κ1) is 27.6. The summed E-state index contributed by atoms with van der Waals surface area (Å²) in [6.45, 7) is 1.28. The second-order valence-corrected chi connectivity index (χ2v) is 9.32. The fraction of sp³-hybridized carbons (Fsp3) is 0.0690. The van der Waals surface area contributed by atoms with Crippen molar-refractivity contribution in [2.45, 2.75) is 6.92 Å². The number of benzene rings is 3. The number of nitro groups is 1. The van der Waals surface area contributed by atoms with E-state index in [2.05, 4.69) is 30.9 Å². The topological polar surface area (TPSA) is 186 Å². The Labute approximate surface area is 247 Å². The van der Waals surface area contributed by atoms with Crippen molar-refractivity contribution in [1.29, 1.82) is 0 Å². The van der Waals surface area contributed by atoms with E-state index in [9.17, 15) is 19.7 Å². The van der Waals surface area contributed by atoms with Crippen LogP contribution in [0, 0.1) is 10.1 Å². The number of rotatable bonds is 8. The molecule has 0 saturated heterocycles. The highest BCUT2D eigenvalue weighted by Gasteiger charge is 2.30. The predicted molar refractivity (Wildman–Crippen MR) is 155 cm³/mol. The molecule has 3 heterocycles. The van der Waals surface area contributed by atoms with E-state index in [0.29, 0.717) is 22.5 Å². The Kier molecular flexibility index (Phi) is 7.16. The zero-order chi connectivity index (χ0) is 30.8. The van der Waals surface area contributed by atoms with Gasteiger partial charge in [0.15, 0.2) is 11.4 Å². The van der Waals surface area contributed by atoms with Gasteiger partial charge in [0.05, 0.1) is 29.6 Å². The van der Waals surface area contributed by atoms with E-state index < -0.39 is 16.8 Å². The number of hydrogen-bond acceptors (Lipinski definition) is 11. The largest absolute Gasteiger partial charge is 0.464 e. The highest BCUT2D eigenvalue weighted by Crippen LogP contribution is 2.34. The molecule has 218 valence electrons. The highest BCUT2D eigenvalue weighted by molar-refractivity contribution is 6.03. The summed E-state index contributed by atoms with van der Waals surface area (Å²) in [6, 6.07) is 22.1. The Balaban J connectivity index is 1.44. The Morgan fingerprint density at radius 1 is 0.977 bits per heavy atom. The summed E-state index contributed by atoms with van der Waals surface area (Å²) in [6.07, 6.45) is 1.77. The second-order valence-electron chi connectivity index (χ2n) is 9.32. The molecule has 0 saturated carbocycles. The number of esters is 1. The van der Waals surface area contributed by atoms with Crippen LogP contribution in [0.3, 0.4) is 0 Å². The van der Waals surface area contributed by atoms with Crippen molar-refractivity contribution in [3.63, 3.8) is 0 Å². The van der Waals surface area contributed by atoms with Gasteiger partial charge in [-0.15, -0.1) is 5.10 Å². The van der Waals surface area contributed by atoms with Gasteiger partial charge in [0, 0.05) is 30.2 Å². The van der Waals surface area contributed by atoms with Crippen LogP contribution in [0.5, 0.6) is 0 Å². The molecule has 15 nitrogen and oxygen atoms in total. The minimum absolute atomic E-state index is 0.000764. The monoisotopic (exact) mass is 591 g/mol. The smallest absolute Gasteiger partial charge is 0.359 e. The van der Waals surface area contributed by atoms with Gasteiger partial charge in [0.25, 0.3) is 11.6 Å². The number of ether oxygens (including phenoxy) is 1. The average molecular weight is 592 g/mol. The fourth-order valence-corrected chi connectivity index (χ4v) is 4.40. The number of nitrogens with zero attached hydrogens (tertiary/aromatic N) is 8. The van der Waals surface area contributed by atoms with Gasteiger partial charge in [-0.1, -0.05) is 40.7 Å². The van der Waals surface area contributed by atoms with Crippen LogP contribution < -0.4 is 5.32 Å². The van der Waals surface area contributed by atoms with Crippen molar-refractivity contribution >= 4 is 23.3 Å². The molecular formula is C29H21N9O6. The number of para-hydroxylation sites is 1. The lowest BCUT2D eigenvalue weighted by Gasteiger charge is -2.09. The van der Waals surface area contributed by atoms with E-state index in [1.807, 2.05) is 36.4 Å². The molecule has 0 aliphatic rings. The minimum Gasteiger partial charge on any atom is -0.464 e. The van der Waals surface area contributed by atoms with Gasteiger partial charge in [-0.05, 0) is 36.4 Å². The number of hydrogen-bond donors (Lipinski definition) is 1. The number of aromatic nitrogens is 7. The van der Waals surface area contributed by atoms with Gasteiger partial charge in [-0.25, -0.2) is 14.2 Å². The van der Waals surface area contributed by atoms with Crippen LogP contribution >= 0.6 is 0 Å². The minimum atomic E-state index is -0.785. The molecular weight excluding hydrogens is 570 g/mol. The van der Waals surface area contributed by atoms with Crippen LogP contribution in [-0.4, -0.2) is 58.8 Å². The molecule has 0 spiro atoms. The number of amides is 1. The lowest BCUT2D eigenvalue weighted by molar-refractivity contribution is -0.384. The first-order valence-electron chi connectivity index (χ1n) is 13.0. The summed E-state index contributed by atoms with van der Waals surface area (Å²) in [7, 11) is 1.20. The van der Waals surface area contributed by atoms with Crippen molar-refractivity contribution in [2.75, 3.05) is 12.4 Å². The highest BCUT2D eigenvalue weighted by atomic mass is 16.6. The first-order chi connectivity index (χ1) is 21.3. The Morgan fingerprint density at radius 3 is 2.43 bits per heavy atom. The molecule has 44 heavy (non-hydrogen) atoms. The number of nitrogens with one attached hydrogen (secondary N) is 1. The summed E-state index contributed by atoms with van der Waals surface area (Å²) < 4.78 is 13.4. The van der Waals surface area contributed by atoms with Crippen LogP contribution in [0.15, 0.2) is 89.6 Å². The third kappa shape index (κ3) is 5.27. The first-order valence-corrected chi connectivity index (χ1v) is 13.0. The predicted octanol–water partition coefficient (Wildman–Crippen LogP) is 4.49. The number of non-ortho nitro benzene ring substituents is 1. The maximum atomic E-state index is 13.1. The van der Waals surface area contributed by atoms with E-state index in [1.54, 1.807) is 29.1 Å². The molecule has 0 aliphatic heterocycles. The van der Waals surface area contributed by atoms with Gasteiger partial charge in [0.1, 0.15) is 11.4 Å². The lowest BCUT2D eigenvalue weighted by Crippen LogP contribution is -2.15. The van der Waals surface area contributed by atoms with Crippen LogP contribution in [0.25, 0.3) is 45.6 Å². The second kappa shape index (κ2) is 11.4. The summed E-state index contributed by atoms with van der Waals surface area (Å²) in [5.74, 6) is -1.28. The molecule has 3 aromatic carbocycles. The van der Waals surface area contributed by atoms with Crippen molar-refractivity contribution in [2.24, 2.45) is 0 Å². The third-order valence-corrected chi connectivity index (χ3v) is 6.43. The maximum absolute atomic E-state index is 13.1. The van der Waals surface area contributed by atoms with E-state index in [0.717, 1.165) is 5.69 Å². The number of methoxy groups -OCH3 is 1. The quantitative estimate of drug-likeness (QED) is 0.149. The van der Waals surface area contributed by atoms with Crippen molar-refractivity contribution in [1.82, 2.24) is 34.9 Å². The zero-order valence-electron chi connectivity index (χ0n) is 23.1. The summed E-state index contributed by atoms with van der Waals surface area (Å²) in [4.78, 5) is 40.2. The summed E-state index contributed by atoms with van der Waals surface area (Å²) in [5.41, 5.74) is 2.76. The van der Waals surface area contributed by atoms with Crippen LogP contribution in [0.1, 0.15) is 17.4 Å². The van der Waals surface area contributed by atoms with Crippen LogP contribution in [0.4, 0.5) is 11.4 Å².